The SMILES string of the molecule is CC[C@H](O)C(=O)[O-].[Li+]. The molecule has 1 atom stereocenters. The summed E-state index contributed by atoms with van der Waals surface area (Å²) in [5.74, 6) is -1.40. The second-order valence-electron chi connectivity index (χ2n) is 1.24. The summed E-state index contributed by atoms with van der Waals surface area (Å²) in [5.41, 5.74) is 0. The van der Waals surface area contributed by atoms with E-state index in [-0.39, 0.29) is 25.3 Å². The van der Waals surface area contributed by atoms with Crippen LogP contribution in [-0.4, -0.2) is 17.2 Å². The Morgan fingerprint density at radius 3 is 2.25 bits per heavy atom. The molecule has 0 saturated heterocycles. The van der Waals surface area contributed by atoms with Crippen LogP contribution in [0.25, 0.3) is 0 Å². The number of carbonyl (C=O) groups excluding carboxylic acids is 1. The second kappa shape index (κ2) is 5.17. The summed E-state index contributed by atoms with van der Waals surface area (Å²) in [5, 5.41) is 17.8. The van der Waals surface area contributed by atoms with Gasteiger partial charge >= 0.3 is 18.9 Å². The number of hydrogen-bond donors (Lipinski definition) is 1. The zero-order valence-electron chi connectivity index (χ0n) is 5.05. The fourth-order valence-electron chi connectivity index (χ4n) is 0.167. The Labute approximate surface area is 59.9 Å². The minimum absolute atomic E-state index is 0. The van der Waals surface area contributed by atoms with Crippen LogP contribution in [0.5, 0.6) is 0 Å². The second-order valence-corrected chi connectivity index (χ2v) is 1.24. The van der Waals surface area contributed by atoms with Gasteiger partial charge in [-0.15, -0.1) is 0 Å². The molecule has 0 unspecified atom stereocenters. The van der Waals surface area contributed by atoms with E-state index in [0.29, 0.717) is 0 Å². The third-order valence-corrected chi connectivity index (χ3v) is 0.659. The van der Waals surface area contributed by atoms with E-state index in [1.165, 1.54) is 0 Å². The van der Waals surface area contributed by atoms with Crippen LogP contribution in [-0.2, 0) is 4.79 Å². The smallest absolute Gasteiger partial charge is 0.547 e. The minimum atomic E-state index is -1.40. The van der Waals surface area contributed by atoms with Crippen LogP contribution < -0.4 is 24.0 Å². The third kappa shape index (κ3) is 4.19. The first kappa shape index (κ1) is 10.9. The van der Waals surface area contributed by atoms with Gasteiger partial charge in [-0.25, -0.2) is 0 Å². The summed E-state index contributed by atoms with van der Waals surface area (Å²) in [7, 11) is 0. The van der Waals surface area contributed by atoms with Gasteiger partial charge in [0.1, 0.15) is 0 Å². The van der Waals surface area contributed by atoms with E-state index in [9.17, 15) is 9.90 Å². The van der Waals surface area contributed by atoms with Crippen LogP contribution in [0.1, 0.15) is 13.3 Å². The molecular formula is C4H7LiO3. The topological polar surface area (TPSA) is 60.4 Å². The van der Waals surface area contributed by atoms with Crippen LogP contribution in [0.3, 0.4) is 0 Å². The molecule has 0 fully saturated rings. The zero-order chi connectivity index (χ0) is 5.86. The maximum Gasteiger partial charge on any atom is 1.00 e. The maximum atomic E-state index is 9.57. The van der Waals surface area contributed by atoms with Crippen LogP contribution in [0.2, 0.25) is 0 Å². The molecule has 0 aliphatic carbocycles. The molecule has 0 heterocycles. The molecule has 1 N–H and O–H groups in total. The van der Waals surface area contributed by atoms with Crippen molar-refractivity contribution in [2.24, 2.45) is 0 Å². The molecule has 0 amide bonds. The molecule has 0 aromatic heterocycles. The van der Waals surface area contributed by atoms with E-state index >= 15 is 0 Å². The number of hydrogen-bond acceptors (Lipinski definition) is 3. The number of carboxylic acids is 1. The van der Waals surface area contributed by atoms with E-state index in [0.717, 1.165) is 0 Å². The van der Waals surface area contributed by atoms with E-state index < -0.39 is 12.1 Å². The van der Waals surface area contributed by atoms with Crippen molar-refractivity contribution in [3.8, 4) is 0 Å². The summed E-state index contributed by atoms with van der Waals surface area (Å²) < 4.78 is 0. The van der Waals surface area contributed by atoms with Gasteiger partial charge in [0, 0.05) is 0 Å². The predicted octanol–water partition coefficient (Wildman–Crippen LogP) is -4.49. The molecule has 0 saturated carbocycles. The van der Waals surface area contributed by atoms with Gasteiger partial charge in [0.05, 0.1) is 12.1 Å². The van der Waals surface area contributed by atoms with Crippen molar-refractivity contribution in [2.45, 2.75) is 19.4 Å². The van der Waals surface area contributed by atoms with E-state index in [1.807, 2.05) is 0 Å². The number of aliphatic hydroxyl groups is 1. The molecule has 8 heavy (non-hydrogen) atoms. The standard InChI is InChI=1S/C4H8O3.Li/c1-2-3(5)4(6)7;/h3,5H,2H2,1H3,(H,6,7);/q;+1/p-1/t3-;/m0./s1. The van der Waals surface area contributed by atoms with E-state index in [4.69, 9.17) is 5.11 Å². The van der Waals surface area contributed by atoms with Gasteiger partial charge in [-0.2, -0.15) is 0 Å². The summed E-state index contributed by atoms with van der Waals surface area (Å²) in [6.07, 6.45) is -1.08. The summed E-state index contributed by atoms with van der Waals surface area (Å²) in [6.45, 7) is 1.57. The molecule has 0 aromatic rings. The first-order chi connectivity index (χ1) is 3.18. The molecule has 0 radical (unpaired) electrons. The van der Waals surface area contributed by atoms with Crippen LogP contribution >= 0.6 is 0 Å². The molecule has 0 aliphatic rings. The maximum absolute atomic E-state index is 9.57. The van der Waals surface area contributed by atoms with Crippen molar-refractivity contribution in [3.05, 3.63) is 0 Å². The van der Waals surface area contributed by atoms with Gasteiger partial charge in [-0.05, 0) is 6.42 Å². The van der Waals surface area contributed by atoms with Crippen LogP contribution in [0, 0.1) is 0 Å². The molecule has 3 nitrogen and oxygen atoms in total. The molecule has 0 rings (SSSR count). The first-order valence-electron chi connectivity index (χ1n) is 2.07. The molecular weight excluding hydrogens is 103 g/mol. The largest absolute Gasteiger partial charge is 1.00 e. The average Bonchev–Trinajstić information content (AvgIpc) is 1.65. The van der Waals surface area contributed by atoms with E-state index in [2.05, 4.69) is 0 Å². The Balaban J connectivity index is 0. The van der Waals surface area contributed by atoms with Crippen LogP contribution in [0.4, 0.5) is 0 Å². The number of carboxylic acid groups (broad SMARTS) is 1. The van der Waals surface area contributed by atoms with Crippen molar-refractivity contribution < 1.29 is 33.9 Å². The first-order valence-corrected chi connectivity index (χ1v) is 2.07. The summed E-state index contributed by atoms with van der Waals surface area (Å²) in [6, 6.07) is 0. The van der Waals surface area contributed by atoms with Crippen molar-refractivity contribution in [1.29, 1.82) is 0 Å². The third-order valence-electron chi connectivity index (χ3n) is 0.659. The van der Waals surface area contributed by atoms with Gasteiger partial charge in [-0.1, -0.05) is 6.92 Å². The summed E-state index contributed by atoms with van der Waals surface area (Å²) in [4.78, 5) is 9.57. The van der Waals surface area contributed by atoms with Crippen LogP contribution in [0.15, 0.2) is 0 Å². The quantitative estimate of drug-likeness (QED) is 0.364. The Morgan fingerprint density at radius 2 is 2.25 bits per heavy atom. The monoisotopic (exact) mass is 110 g/mol. The molecule has 0 bridgehead atoms. The molecule has 0 spiro atoms. The van der Waals surface area contributed by atoms with Gasteiger partial charge in [0.15, 0.2) is 0 Å². The predicted molar refractivity (Wildman–Crippen MR) is 21.3 cm³/mol. The van der Waals surface area contributed by atoms with E-state index in [1.54, 1.807) is 6.92 Å². The minimum Gasteiger partial charge on any atom is -0.547 e. The molecule has 4 heteroatoms. The average molecular weight is 110 g/mol. The van der Waals surface area contributed by atoms with Gasteiger partial charge in [0.25, 0.3) is 0 Å². The van der Waals surface area contributed by atoms with Gasteiger partial charge < -0.3 is 15.0 Å². The number of rotatable bonds is 2. The number of aliphatic carboxylic acids is 1. The fraction of sp³-hybridized carbons (Fsp3) is 0.750. The normalized spacial score (nSPS) is 11.8. The van der Waals surface area contributed by atoms with Crippen molar-refractivity contribution in [1.82, 2.24) is 0 Å². The fourth-order valence-corrected chi connectivity index (χ4v) is 0.167. The molecule has 42 valence electrons. The Bertz CT molecular complexity index is 73.7. The van der Waals surface area contributed by atoms with Crippen molar-refractivity contribution in [2.75, 3.05) is 0 Å². The number of carbonyl (C=O) groups is 1. The Morgan fingerprint density at radius 1 is 1.88 bits per heavy atom. The molecule has 0 aromatic carbocycles. The summed E-state index contributed by atoms with van der Waals surface area (Å²) >= 11 is 0. The Kier molecular flexibility index (Phi) is 7.05. The van der Waals surface area contributed by atoms with Crippen molar-refractivity contribution in [3.63, 3.8) is 0 Å². The zero-order valence-corrected chi connectivity index (χ0v) is 5.05. The number of aliphatic hydroxyl groups excluding tert-OH is 1. The molecule has 0 aliphatic heterocycles. The van der Waals surface area contributed by atoms with Crippen molar-refractivity contribution >= 4 is 5.97 Å². The Hall–Kier alpha value is 0.0274. The van der Waals surface area contributed by atoms with Gasteiger partial charge in [0.2, 0.25) is 0 Å². The van der Waals surface area contributed by atoms with Gasteiger partial charge in [-0.3, -0.25) is 0 Å².